The minimum Gasteiger partial charge on any atom is -0.406 e. The highest BCUT2D eigenvalue weighted by molar-refractivity contribution is 6.74. The van der Waals surface area contributed by atoms with Crippen LogP contribution in [-0.4, -0.2) is 32.7 Å². The van der Waals surface area contributed by atoms with Gasteiger partial charge in [0.1, 0.15) is 6.10 Å². The maximum atomic E-state index is 9.88. The lowest BCUT2D eigenvalue weighted by atomic mass is 10.2. The molecule has 0 bridgehead atoms. The molecule has 0 aromatic heterocycles. The zero-order valence-corrected chi connectivity index (χ0v) is 16.8. The second-order valence-corrected chi connectivity index (χ2v) is 12.4. The lowest BCUT2D eigenvalue weighted by Crippen LogP contribution is -2.40. The minimum atomic E-state index is -1.75. The molecule has 0 radical (unpaired) electrons. The molecule has 4 heteroatoms. The Balaban J connectivity index is 2.15. The molecule has 0 unspecified atom stereocenters. The highest BCUT2D eigenvalue weighted by Gasteiger charge is 2.36. The van der Waals surface area contributed by atoms with Gasteiger partial charge in [-0.15, -0.1) is 0 Å². The summed E-state index contributed by atoms with van der Waals surface area (Å²) in [6, 6.07) is 10.1. The molecule has 3 nitrogen and oxygen atoms in total. The van der Waals surface area contributed by atoms with Gasteiger partial charge in [0.15, 0.2) is 8.32 Å². The minimum absolute atomic E-state index is 0.184. The van der Waals surface area contributed by atoms with Crippen molar-refractivity contribution in [3.63, 3.8) is 0 Å². The molecule has 0 amide bonds. The topological polar surface area (TPSA) is 38.7 Å². The van der Waals surface area contributed by atoms with Crippen molar-refractivity contribution < 1.29 is 14.3 Å². The van der Waals surface area contributed by atoms with Gasteiger partial charge in [0.2, 0.25) is 0 Å². The van der Waals surface area contributed by atoms with E-state index in [2.05, 4.69) is 45.7 Å². The molecule has 0 aliphatic heterocycles. The van der Waals surface area contributed by atoms with Crippen molar-refractivity contribution in [3.05, 3.63) is 35.9 Å². The number of aliphatic hydroxyl groups is 1. The van der Waals surface area contributed by atoms with Crippen LogP contribution in [0.4, 0.5) is 0 Å². The summed E-state index contributed by atoms with van der Waals surface area (Å²) in [5.74, 6) is 5.81. The zero-order valence-electron chi connectivity index (χ0n) is 15.8. The highest BCUT2D eigenvalue weighted by atomic mass is 28.4. The summed E-state index contributed by atoms with van der Waals surface area (Å²) >= 11 is 0. The maximum absolute atomic E-state index is 9.88. The van der Waals surface area contributed by atoms with Gasteiger partial charge in [0, 0.05) is 6.61 Å². The average Bonchev–Trinajstić information content (AvgIpc) is 2.51. The molecular formula is C20H32O3Si. The van der Waals surface area contributed by atoms with Gasteiger partial charge in [-0.2, -0.15) is 0 Å². The molecule has 0 fully saturated rings. The van der Waals surface area contributed by atoms with Gasteiger partial charge in [0.25, 0.3) is 0 Å². The molecule has 1 N–H and O–H groups in total. The molecule has 1 aromatic carbocycles. The molecule has 0 spiro atoms. The number of rotatable bonds is 8. The SMILES string of the molecule is CC(C)(C)[Si](C)(C)OCC#C[C@@H](O)CCCOCc1ccccc1. The van der Waals surface area contributed by atoms with E-state index < -0.39 is 14.4 Å². The Morgan fingerprint density at radius 3 is 2.46 bits per heavy atom. The average molecular weight is 349 g/mol. The van der Waals surface area contributed by atoms with Gasteiger partial charge in [-0.05, 0) is 36.5 Å². The number of ether oxygens (including phenoxy) is 1. The third-order valence-corrected chi connectivity index (χ3v) is 8.94. The lowest BCUT2D eigenvalue weighted by molar-refractivity contribution is 0.107. The Bertz CT molecular complexity index is 523. The second-order valence-electron chi connectivity index (χ2n) is 7.57. The second kappa shape index (κ2) is 10.0. The summed E-state index contributed by atoms with van der Waals surface area (Å²) in [6.45, 7) is 12.7. The standard InChI is InChI=1S/C20H32O3Si/c1-20(2,3)24(4,5)23-16-10-14-19(21)13-9-15-22-17-18-11-7-6-8-12-18/h6-8,11-12,19,21H,9,13,15-17H2,1-5H3/t19-/m0/s1. The van der Waals surface area contributed by atoms with E-state index in [1.807, 2.05) is 30.3 Å². The van der Waals surface area contributed by atoms with Gasteiger partial charge in [0.05, 0.1) is 13.2 Å². The van der Waals surface area contributed by atoms with Crippen LogP contribution in [0.15, 0.2) is 30.3 Å². The fourth-order valence-electron chi connectivity index (χ4n) is 1.81. The summed E-state index contributed by atoms with van der Waals surface area (Å²) < 4.78 is 11.6. The number of benzene rings is 1. The van der Waals surface area contributed by atoms with Crippen molar-refractivity contribution in [3.8, 4) is 11.8 Å². The fraction of sp³-hybridized carbons (Fsp3) is 0.600. The maximum Gasteiger partial charge on any atom is 0.193 e. The molecule has 0 saturated carbocycles. The molecule has 1 atom stereocenters. The van der Waals surface area contributed by atoms with Gasteiger partial charge in [-0.1, -0.05) is 62.9 Å². The van der Waals surface area contributed by atoms with Gasteiger partial charge in [-0.3, -0.25) is 0 Å². The van der Waals surface area contributed by atoms with E-state index in [1.165, 1.54) is 5.56 Å². The van der Waals surface area contributed by atoms with E-state index >= 15 is 0 Å². The van der Waals surface area contributed by atoms with Gasteiger partial charge in [-0.25, -0.2) is 0 Å². The molecular weight excluding hydrogens is 316 g/mol. The van der Waals surface area contributed by atoms with Crippen LogP contribution in [-0.2, 0) is 15.8 Å². The quantitative estimate of drug-likeness (QED) is 0.431. The van der Waals surface area contributed by atoms with Gasteiger partial charge < -0.3 is 14.3 Å². The van der Waals surface area contributed by atoms with Crippen LogP contribution >= 0.6 is 0 Å². The smallest absolute Gasteiger partial charge is 0.193 e. The molecule has 1 aromatic rings. The van der Waals surface area contributed by atoms with Crippen molar-refractivity contribution in [2.45, 2.75) is 64.5 Å². The highest BCUT2D eigenvalue weighted by Crippen LogP contribution is 2.36. The van der Waals surface area contributed by atoms with Crippen LogP contribution in [0.25, 0.3) is 0 Å². The van der Waals surface area contributed by atoms with E-state index in [-0.39, 0.29) is 5.04 Å². The van der Waals surface area contributed by atoms with Crippen LogP contribution in [0.1, 0.15) is 39.2 Å². The van der Waals surface area contributed by atoms with Crippen molar-refractivity contribution in [1.29, 1.82) is 0 Å². The summed E-state index contributed by atoms with van der Waals surface area (Å²) in [5.41, 5.74) is 1.17. The summed E-state index contributed by atoms with van der Waals surface area (Å²) in [4.78, 5) is 0. The number of hydrogen-bond donors (Lipinski definition) is 1. The van der Waals surface area contributed by atoms with Gasteiger partial charge >= 0.3 is 0 Å². The van der Waals surface area contributed by atoms with Crippen molar-refractivity contribution in [2.24, 2.45) is 0 Å². The third-order valence-electron chi connectivity index (χ3n) is 4.46. The summed E-state index contributed by atoms with van der Waals surface area (Å²) in [6.07, 6.45) is 0.821. The normalized spacial score (nSPS) is 13.2. The first kappa shape index (κ1) is 20.9. The van der Waals surface area contributed by atoms with E-state index in [4.69, 9.17) is 9.16 Å². The number of aliphatic hydroxyl groups excluding tert-OH is 1. The Morgan fingerprint density at radius 1 is 1.17 bits per heavy atom. The van der Waals surface area contributed by atoms with Crippen LogP contribution in [0.3, 0.4) is 0 Å². The van der Waals surface area contributed by atoms with Crippen molar-refractivity contribution in [2.75, 3.05) is 13.2 Å². The molecule has 24 heavy (non-hydrogen) atoms. The van der Waals surface area contributed by atoms with Crippen molar-refractivity contribution >= 4 is 8.32 Å². The van der Waals surface area contributed by atoms with Crippen molar-refractivity contribution in [1.82, 2.24) is 0 Å². The first-order valence-electron chi connectivity index (χ1n) is 8.64. The molecule has 0 aliphatic carbocycles. The molecule has 0 aliphatic rings. The Morgan fingerprint density at radius 2 is 1.83 bits per heavy atom. The zero-order chi connectivity index (χ0) is 18.1. The lowest BCUT2D eigenvalue weighted by Gasteiger charge is -2.35. The van der Waals surface area contributed by atoms with E-state index in [0.717, 1.165) is 6.42 Å². The Labute approximate surface area is 148 Å². The first-order valence-corrected chi connectivity index (χ1v) is 11.6. The third kappa shape index (κ3) is 8.12. The van der Waals surface area contributed by atoms with Crippen LogP contribution in [0, 0.1) is 11.8 Å². The Kier molecular flexibility index (Phi) is 8.72. The van der Waals surface area contributed by atoms with Crippen LogP contribution < -0.4 is 0 Å². The summed E-state index contributed by atoms with van der Waals surface area (Å²) in [5, 5.41) is 10.1. The summed E-state index contributed by atoms with van der Waals surface area (Å²) in [7, 11) is -1.75. The van der Waals surface area contributed by atoms with E-state index in [1.54, 1.807) is 0 Å². The number of hydrogen-bond acceptors (Lipinski definition) is 3. The molecule has 0 saturated heterocycles. The van der Waals surface area contributed by atoms with Crippen LogP contribution in [0.2, 0.25) is 18.1 Å². The van der Waals surface area contributed by atoms with Crippen LogP contribution in [0.5, 0.6) is 0 Å². The predicted octanol–water partition coefficient (Wildman–Crippen LogP) is 4.37. The largest absolute Gasteiger partial charge is 0.406 e. The predicted molar refractivity (Wildman–Crippen MR) is 102 cm³/mol. The van der Waals surface area contributed by atoms with E-state index in [9.17, 15) is 5.11 Å². The Hall–Kier alpha value is -1.12. The van der Waals surface area contributed by atoms with E-state index in [0.29, 0.717) is 26.2 Å². The fourth-order valence-corrected chi connectivity index (χ4v) is 2.67. The molecule has 1 rings (SSSR count). The monoisotopic (exact) mass is 348 g/mol. The first-order chi connectivity index (χ1) is 11.2. The molecule has 134 valence electrons. The molecule has 0 heterocycles.